The monoisotopic (exact) mass is 356 g/mol. The van der Waals surface area contributed by atoms with Crippen LogP contribution in [0, 0.1) is 11.6 Å². The minimum atomic E-state index is -0.915. The molecule has 1 unspecified atom stereocenters. The topological polar surface area (TPSA) is 78.4 Å². The maximum absolute atomic E-state index is 13.7. The normalized spacial score (nSPS) is 12.0. The molecule has 2 amide bonds. The molecule has 1 aromatic heterocycles. The average Bonchev–Trinajstić information content (AvgIpc) is 2.96. The number of nitrogens with one attached hydrogen (secondary N) is 1. The second-order valence-electron chi connectivity index (χ2n) is 5.21. The Kier molecular flexibility index (Phi) is 6.16. The summed E-state index contributed by atoms with van der Waals surface area (Å²) in [6, 6.07) is 3.54. The number of likely N-dealkylation sites (N-methyl/N-ethyl adjacent to an activating group) is 1. The summed E-state index contributed by atoms with van der Waals surface area (Å²) in [6.45, 7) is 4.01. The highest BCUT2D eigenvalue weighted by Crippen LogP contribution is 2.21. The molecule has 6 nitrogen and oxygen atoms in total. The fraction of sp³-hybridized carbons (Fsp3) is 0.400. The largest absolute Gasteiger partial charge is 0.392 e. The third kappa shape index (κ3) is 4.68. The summed E-state index contributed by atoms with van der Waals surface area (Å²) >= 11 is 1.08. The van der Waals surface area contributed by atoms with E-state index in [4.69, 9.17) is 0 Å². The summed E-state index contributed by atoms with van der Waals surface area (Å²) in [5.74, 6) is -1.82. The molecule has 0 saturated carbocycles. The molecule has 0 bridgehead atoms. The molecular weight excluding hydrogens is 338 g/mol. The van der Waals surface area contributed by atoms with Crippen molar-refractivity contribution in [3.05, 3.63) is 40.4 Å². The van der Waals surface area contributed by atoms with Crippen molar-refractivity contribution in [3.63, 3.8) is 0 Å². The maximum atomic E-state index is 13.7. The van der Waals surface area contributed by atoms with E-state index < -0.39 is 23.8 Å². The van der Waals surface area contributed by atoms with E-state index in [9.17, 15) is 18.7 Å². The molecule has 2 aromatic rings. The number of halogens is 2. The van der Waals surface area contributed by atoms with Crippen LogP contribution in [0.5, 0.6) is 0 Å². The predicted molar refractivity (Wildman–Crippen MR) is 87.0 cm³/mol. The summed E-state index contributed by atoms with van der Waals surface area (Å²) in [5.41, 5.74) is 0.174. The van der Waals surface area contributed by atoms with Gasteiger partial charge >= 0.3 is 6.03 Å². The molecule has 2 N–H and O–H groups in total. The van der Waals surface area contributed by atoms with Gasteiger partial charge < -0.3 is 10.0 Å². The molecule has 0 aliphatic rings. The third-order valence-electron chi connectivity index (χ3n) is 3.21. The van der Waals surface area contributed by atoms with E-state index in [1.165, 1.54) is 17.0 Å². The minimum absolute atomic E-state index is 0.0856. The Morgan fingerprint density at radius 2 is 2.17 bits per heavy atom. The molecule has 0 aliphatic heterocycles. The number of anilines is 1. The summed E-state index contributed by atoms with van der Waals surface area (Å²) in [4.78, 5) is 13.5. The van der Waals surface area contributed by atoms with Crippen molar-refractivity contribution in [2.24, 2.45) is 0 Å². The Morgan fingerprint density at radius 1 is 1.42 bits per heavy atom. The second-order valence-corrected chi connectivity index (χ2v) is 6.27. The molecule has 9 heteroatoms. The van der Waals surface area contributed by atoms with Gasteiger partial charge in [-0.3, -0.25) is 5.32 Å². The predicted octanol–water partition coefficient (Wildman–Crippen LogP) is 2.64. The average molecular weight is 356 g/mol. The summed E-state index contributed by atoms with van der Waals surface area (Å²) < 4.78 is 26.9. The standard InChI is InChI=1S/C15H18F2N4O2S/c1-3-21(8-9(2)22)15(23)18-14-20-19-12(24-14)7-10-5-4-6-11(16)13(10)17/h4-6,9,22H,3,7-8H2,1-2H3,(H,18,20,23). The van der Waals surface area contributed by atoms with Crippen molar-refractivity contribution >= 4 is 22.5 Å². The van der Waals surface area contributed by atoms with Crippen molar-refractivity contribution in [2.75, 3.05) is 18.4 Å². The van der Waals surface area contributed by atoms with Gasteiger partial charge in [0.2, 0.25) is 5.13 Å². The van der Waals surface area contributed by atoms with Gasteiger partial charge in [-0.25, -0.2) is 13.6 Å². The van der Waals surface area contributed by atoms with Gasteiger partial charge in [-0.1, -0.05) is 23.5 Å². The van der Waals surface area contributed by atoms with Crippen molar-refractivity contribution in [2.45, 2.75) is 26.4 Å². The second kappa shape index (κ2) is 8.11. The molecule has 2 rings (SSSR count). The number of amides is 2. The van der Waals surface area contributed by atoms with E-state index in [0.717, 1.165) is 17.4 Å². The van der Waals surface area contributed by atoms with Crippen LogP contribution in [0.15, 0.2) is 18.2 Å². The van der Waals surface area contributed by atoms with Gasteiger partial charge in [0.25, 0.3) is 0 Å². The fourth-order valence-electron chi connectivity index (χ4n) is 2.07. The summed E-state index contributed by atoms with van der Waals surface area (Å²) in [6.07, 6.45) is -0.556. The van der Waals surface area contributed by atoms with E-state index in [-0.39, 0.29) is 23.7 Å². The van der Waals surface area contributed by atoms with Crippen LogP contribution >= 0.6 is 11.3 Å². The highest BCUT2D eigenvalue weighted by molar-refractivity contribution is 7.15. The Bertz CT molecular complexity index is 709. The molecule has 0 radical (unpaired) electrons. The quantitative estimate of drug-likeness (QED) is 0.834. The number of urea groups is 1. The van der Waals surface area contributed by atoms with Gasteiger partial charge in [0, 0.05) is 19.5 Å². The van der Waals surface area contributed by atoms with E-state index in [0.29, 0.717) is 11.6 Å². The summed E-state index contributed by atoms with van der Waals surface area (Å²) in [7, 11) is 0. The lowest BCUT2D eigenvalue weighted by Gasteiger charge is -2.21. The number of rotatable bonds is 6. The van der Waals surface area contributed by atoms with Gasteiger partial charge in [0.05, 0.1) is 6.10 Å². The zero-order chi connectivity index (χ0) is 17.7. The lowest BCUT2D eigenvalue weighted by Crippen LogP contribution is -2.39. The van der Waals surface area contributed by atoms with Crippen LogP contribution in [0.25, 0.3) is 0 Å². The van der Waals surface area contributed by atoms with Crippen LogP contribution < -0.4 is 5.32 Å². The van der Waals surface area contributed by atoms with Crippen molar-refractivity contribution < 1.29 is 18.7 Å². The molecule has 0 saturated heterocycles. The molecular formula is C15H18F2N4O2S. The molecule has 24 heavy (non-hydrogen) atoms. The van der Waals surface area contributed by atoms with Gasteiger partial charge in [-0.15, -0.1) is 10.2 Å². The van der Waals surface area contributed by atoms with Gasteiger partial charge in [-0.05, 0) is 25.5 Å². The first kappa shape index (κ1) is 18.2. The van der Waals surface area contributed by atoms with Crippen molar-refractivity contribution in [1.29, 1.82) is 0 Å². The highest BCUT2D eigenvalue weighted by atomic mass is 32.1. The lowest BCUT2D eigenvalue weighted by atomic mass is 10.1. The Balaban J connectivity index is 2.02. The zero-order valence-corrected chi connectivity index (χ0v) is 14.1. The number of hydrogen-bond acceptors (Lipinski definition) is 5. The van der Waals surface area contributed by atoms with Crippen LogP contribution in [-0.2, 0) is 6.42 Å². The molecule has 1 heterocycles. The molecule has 130 valence electrons. The molecule has 0 spiro atoms. The Labute approximate surface area is 142 Å². The van der Waals surface area contributed by atoms with Crippen molar-refractivity contribution in [1.82, 2.24) is 15.1 Å². The fourth-order valence-corrected chi connectivity index (χ4v) is 2.82. The number of hydrogen-bond donors (Lipinski definition) is 2. The number of aliphatic hydroxyl groups excluding tert-OH is 1. The Hall–Kier alpha value is -2.13. The molecule has 0 fully saturated rings. The van der Waals surface area contributed by atoms with Crippen LogP contribution in [0.3, 0.4) is 0 Å². The minimum Gasteiger partial charge on any atom is -0.392 e. The van der Waals surface area contributed by atoms with E-state index in [2.05, 4.69) is 15.5 Å². The summed E-state index contributed by atoms with van der Waals surface area (Å²) in [5, 5.41) is 20.4. The lowest BCUT2D eigenvalue weighted by molar-refractivity contribution is 0.141. The van der Waals surface area contributed by atoms with Crippen LogP contribution in [0.2, 0.25) is 0 Å². The van der Waals surface area contributed by atoms with E-state index in [1.807, 2.05) is 0 Å². The first-order chi connectivity index (χ1) is 11.4. The maximum Gasteiger partial charge on any atom is 0.323 e. The van der Waals surface area contributed by atoms with Gasteiger partial charge in [0.15, 0.2) is 11.6 Å². The number of carbonyl (C=O) groups is 1. The van der Waals surface area contributed by atoms with Crippen molar-refractivity contribution in [3.8, 4) is 0 Å². The van der Waals surface area contributed by atoms with Gasteiger partial charge in [0.1, 0.15) is 5.01 Å². The van der Waals surface area contributed by atoms with Gasteiger partial charge in [-0.2, -0.15) is 0 Å². The third-order valence-corrected chi connectivity index (χ3v) is 4.05. The Morgan fingerprint density at radius 3 is 2.83 bits per heavy atom. The van der Waals surface area contributed by atoms with E-state index >= 15 is 0 Å². The molecule has 0 aliphatic carbocycles. The van der Waals surface area contributed by atoms with Crippen LogP contribution in [-0.4, -0.2) is 45.4 Å². The number of nitrogens with zero attached hydrogens (tertiary/aromatic N) is 3. The zero-order valence-electron chi connectivity index (χ0n) is 13.3. The molecule has 1 aromatic carbocycles. The highest BCUT2D eigenvalue weighted by Gasteiger charge is 2.17. The number of benzene rings is 1. The molecule has 1 atom stereocenters. The first-order valence-corrected chi connectivity index (χ1v) is 8.21. The number of aromatic nitrogens is 2. The van der Waals surface area contributed by atoms with Crippen LogP contribution in [0.4, 0.5) is 18.7 Å². The smallest absolute Gasteiger partial charge is 0.323 e. The first-order valence-electron chi connectivity index (χ1n) is 7.40. The number of carbonyl (C=O) groups excluding carboxylic acids is 1. The number of aliphatic hydroxyl groups is 1. The van der Waals surface area contributed by atoms with Crippen LogP contribution in [0.1, 0.15) is 24.4 Å². The van der Waals surface area contributed by atoms with E-state index in [1.54, 1.807) is 13.8 Å². The SMILES string of the molecule is CCN(CC(C)O)C(=O)Nc1nnc(Cc2cccc(F)c2F)s1.